The number of rotatable bonds is 10. The van der Waals surface area contributed by atoms with Gasteiger partial charge in [-0.25, -0.2) is 4.68 Å². The zero-order valence-corrected chi connectivity index (χ0v) is 20.0. The molecule has 1 aromatic rings. The highest BCUT2D eigenvalue weighted by Gasteiger charge is 2.38. The summed E-state index contributed by atoms with van der Waals surface area (Å²) in [4.78, 5) is 2.56. The quantitative estimate of drug-likeness (QED) is 0.533. The molecule has 0 aromatic carbocycles. The predicted molar refractivity (Wildman–Crippen MR) is 122 cm³/mol. The van der Waals surface area contributed by atoms with Gasteiger partial charge in [-0.3, -0.25) is 4.90 Å². The molecule has 3 aliphatic rings. The van der Waals surface area contributed by atoms with Crippen molar-refractivity contribution in [1.82, 2.24) is 14.7 Å². The lowest BCUT2D eigenvalue weighted by Gasteiger charge is -2.40. The number of hydrogen-bond donors (Lipinski definition) is 0. The molecule has 0 bridgehead atoms. The highest BCUT2D eigenvalue weighted by molar-refractivity contribution is 5.23. The van der Waals surface area contributed by atoms with E-state index in [2.05, 4.69) is 36.5 Å². The Morgan fingerprint density at radius 2 is 1.77 bits per heavy atom. The second-order valence-electron chi connectivity index (χ2n) is 10.2. The lowest BCUT2D eigenvalue weighted by Crippen LogP contribution is -2.44. The summed E-state index contributed by atoms with van der Waals surface area (Å²) >= 11 is 0. The van der Waals surface area contributed by atoms with Crippen LogP contribution in [0.3, 0.4) is 0 Å². The fourth-order valence-electron chi connectivity index (χ4n) is 5.66. The largest absolute Gasteiger partial charge is 0.381 e. The van der Waals surface area contributed by atoms with Crippen molar-refractivity contribution in [3.8, 4) is 0 Å². The van der Waals surface area contributed by atoms with Gasteiger partial charge in [0.1, 0.15) is 6.23 Å². The lowest BCUT2D eigenvalue weighted by atomic mass is 9.70. The van der Waals surface area contributed by atoms with Gasteiger partial charge in [0, 0.05) is 62.5 Å². The molecule has 3 fully saturated rings. The molecule has 3 heterocycles. The van der Waals surface area contributed by atoms with Crippen LogP contribution in [0.5, 0.6) is 0 Å². The average molecular weight is 434 g/mol. The summed E-state index contributed by atoms with van der Waals surface area (Å²) in [5.41, 5.74) is 2.92. The van der Waals surface area contributed by atoms with Crippen LogP contribution in [0.15, 0.2) is 6.20 Å². The Hall–Kier alpha value is -0.950. The van der Waals surface area contributed by atoms with Crippen LogP contribution in [0, 0.1) is 11.3 Å². The lowest BCUT2D eigenvalue weighted by molar-refractivity contribution is -0.0421. The number of likely N-dealkylation sites (tertiary alicyclic amines) is 1. The molecule has 1 atom stereocenters. The maximum atomic E-state index is 6.06. The number of nitrogens with zero attached hydrogens (tertiary/aromatic N) is 3. The Labute approximate surface area is 188 Å². The average Bonchev–Trinajstić information content (AvgIpc) is 3.20. The summed E-state index contributed by atoms with van der Waals surface area (Å²) in [7, 11) is 0. The first-order valence-corrected chi connectivity index (χ1v) is 12.7. The first-order valence-electron chi connectivity index (χ1n) is 12.7. The smallest absolute Gasteiger partial charge is 0.150 e. The van der Waals surface area contributed by atoms with Crippen LogP contribution in [-0.4, -0.2) is 60.8 Å². The molecule has 176 valence electrons. The van der Waals surface area contributed by atoms with E-state index >= 15 is 0 Å². The number of aromatic nitrogens is 2. The molecule has 2 saturated heterocycles. The second kappa shape index (κ2) is 10.8. The zero-order valence-electron chi connectivity index (χ0n) is 20.0. The van der Waals surface area contributed by atoms with Crippen LogP contribution >= 0.6 is 0 Å². The molecule has 1 unspecified atom stereocenters. The van der Waals surface area contributed by atoms with Crippen molar-refractivity contribution >= 4 is 0 Å². The molecule has 1 saturated carbocycles. The standard InChI is InChI=1S/C25H43N3O3/c1-4-29-18-25(19-30-5-2)11-9-21(10-12-25)24-22(16-27-14-20(3)15-27)17-28(26-24)23-8-6-7-13-31-23/h17,20-21,23H,4-16,18-19H2,1-3H3. The molecular formula is C25H43N3O3. The van der Waals surface area contributed by atoms with E-state index in [9.17, 15) is 0 Å². The van der Waals surface area contributed by atoms with E-state index in [-0.39, 0.29) is 11.6 Å². The minimum absolute atomic E-state index is 0.121. The van der Waals surface area contributed by atoms with Crippen molar-refractivity contribution < 1.29 is 14.2 Å². The van der Waals surface area contributed by atoms with E-state index in [0.717, 1.165) is 64.8 Å². The first kappa shape index (κ1) is 23.2. The number of hydrogen-bond acceptors (Lipinski definition) is 5. The summed E-state index contributed by atoms with van der Waals surface area (Å²) in [5, 5.41) is 5.16. The van der Waals surface area contributed by atoms with Crippen molar-refractivity contribution in [2.45, 2.75) is 84.4 Å². The molecule has 0 radical (unpaired) electrons. The van der Waals surface area contributed by atoms with Crippen LogP contribution in [0.4, 0.5) is 0 Å². The summed E-state index contributed by atoms with van der Waals surface area (Å²) in [6.45, 7) is 14.0. The van der Waals surface area contributed by atoms with E-state index in [1.807, 2.05) is 0 Å². The maximum absolute atomic E-state index is 6.06. The zero-order chi connectivity index (χ0) is 21.7. The van der Waals surface area contributed by atoms with Gasteiger partial charge in [-0.15, -0.1) is 0 Å². The first-order chi connectivity index (χ1) is 15.1. The Balaban J connectivity index is 1.47. The highest BCUT2D eigenvalue weighted by atomic mass is 16.5. The van der Waals surface area contributed by atoms with Gasteiger partial charge in [0.2, 0.25) is 0 Å². The molecule has 0 amide bonds. The number of ether oxygens (including phenoxy) is 3. The fraction of sp³-hybridized carbons (Fsp3) is 0.880. The van der Waals surface area contributed by atoms with Crippen LogP contribution in [0.1, 0.15) is 89.1 Å². The van der Waals surface area contributed by atoms with Gasteiger partial charge in [-0.05, 0) is 64.7 Å². The van der Waals surface area contributed by atoms with E-state index < -0.39 is 0 Å². The second-order valence-corrected chi connectivity index (χ2v) is 10.2. The van der Waals surface area contributed by atoms with Crippen LogP contribution in [0.25, 0.3) is 0 Å². The molecule has 31 heavy (non-hydrogen) atoms. The monoisotopic (exact) mass is 433 g/mol. The van der Waals surface area contributed by atoms with Gasteiger partial charge < -0.3 is 14.2 Å². The molecule has 0 spiro atoms. The third kappa shape index (κ3) is 5.70. The van der Waals surface area contributed by atoms with Crippen molar-refractivity contribution in [3.05, 3.63) is 17.5 Å². The maximum Gasteiger partial charge on any atom is 0.150 e. The SMILES string of the molecule is CCOCC1(COCC)CCC(c2nn(C3CCCCO3)cc2CN2CC(C)C2)CC1. The van der Waals surface area contributed by atoms with Crippen molar-refractivity contribution in [3.63, 3.8) is 0 Å². The van der Waals surface area contributed by atoms with Crippen LogP contribution < -0.4 is 0 Å². The summed E-state index contributed by atoms with van der Waals surface area (Å²) in [5.74, 6) is 1.36. The third-order valence-corrected chi connectivity index (χ3v) is 7.48. The summed E-state index contributed by atoms with van der Waals surface area (Å²) in [6, 6.07) is 0. The van der Waals surface area contributed by atoms with Crippen LogP contribution in [0.2, 0.25) is 0 Å². The Kier molecular flexibility index (Phi) is 8.07. The fourth-order valence-corrected chi connectivity index (χ4v) is 5.66. The van der Waals surface area contributed by atoms with Crippen molar-refractivity contribution in [2.24, 2.45) is 11.3 Å². The summed E-state index contributed by atoms with van der Waals surface area (Å²) < 4.78 is 20.0. The topological polar surface area (TPSA) is 48.8 Å². The molecular weight excluding hydrogens is 390 g/mol. The summed E-state index contributed by atoms with van der Waals surface area (Å²) in [6.07, 6.45) is 10.6. The Morgan fingerprint density at radius 3 is 2.35 bits per heavy atom. The van der Waals surface area contributed by atoms with Gasteiger partial charge in [0.05, 0.1) is 18.9 Å². The van der Waals surface area contributed by atoms with Gasteiger partial charge in [0.15, 0.2) is 0 Å². The minimum atomic E-state index is 0.121. The van der Waals surface area contributed by atoms with Crippen molar-refractivity contribution in [2.75, 3.05) is 46.1 Å². The predicted octanol–water partition coefficient (Wildman–Crippen LogP) is 4.75. The van der Waals surface area contributed by atoms with E-state index in [4.69, 9.17) is 19.3 Å². The van der Waals surface area contributed by atoms with Gasteiger partial charge >= 0.3 is 0 Å². The molecule has 2 aliphatic heterocycles. The van der Waals surface area contributed by atoms with Gasteiger partial charge in [-0.2, -0.15) is 5.10 Å². The molecule has 1 aliphatic carbocycles. The van der Waals surface area contributed by atoms with Gasteiger partial charge in [0.25, 0.3) is 0 Å². The van der Waals surface area contributed by atoms with E-state index in [0.29, 0.717) is 5.92 Å². The molecule has 6 heteroatoms. The minimum Gasteiger partial charge on any atom is -0.381 e. The third-order valence-electron chi connectivity index (χ3n) is 7.48. The van der Waals surface area contributed by atoms with E-state index in [1.165, 1.54) is 50.0 Å². The Morgan fingerprint density at radius 1 is 1.06 bits per heavy atom. The normalized spacial score (nSPS) is 25.6. The van der Waals surface area contributed by atoms with Crippen molar-refractivity contribution in [1.29, 1.82) is 0 Å². The Bertz CT molecular complexity index is 662. The highest BCUT2D eigenvalue weighted by Crippen LogP contribution is 2.44. The molecule has 1 aromatic heterocycles. The molecule has 0 N–H and O–H groups in total. The molecule has 4 rings (SSSR count). The van der Waals surface area contributed by atoms with Crippen LogP contribution in [-0.2, 0) is 20.8 Å². The van der Waals surface area contributed by atoms with E-state index in [1.54, 1.807) is 0 Å². The molecule has 6 nitrogen and oxygen atoms in total. The van der Waals surface area contributed by atoms with Gasteiger partial charge in [-0.1, -0.05) is 6.92 Å².